The van der Waals surface area contributed by atoms with Crippen LogP contribution in [0, 0.1) is 12.7 Å². The van der Waals surface area contributed by atoms with E-state index in [4.69, 9.17) is 10.5 Å². The lowest BCUT2D eigenvalue weighted by atomic mass is 9.89. The Morgan fingerprint density at radius 1 is 1.14 bits per heavy atom. The molecule has 2 aromatic heterocycles. The van der Waals surface area contributed by atoms with E-state index >= 15 is 0 Å². The van der Waals surface area contributed by atoms with E-state index in [0.29, 0.717) is 16.9 Å². The first-order valence-electron chi connectivity index (χ1n) is 9.20. The molecule has 1 aliphatic rings. The van der Waals surface area contributed by atoms with E-state index in [-0.39, 0.29) is 17.7 Å². The van der Waals surface area contributed by atoms with Crippen molar-refractivity contribution in [3.05, 3.63) is 54.0 Å². The molecule has 28 heavy (non-hydrogen) atoms. The van der Waals surface area contributed by atoms with Crippen LogP contribution in [0.5, 0.6) is 11.8 Å². The quantitative estimate of drug-likeness (QED) is 0.717. The Hall–Kier alpha value is -3.13. The van der Waals surface area contributed by atoms with Crippen molar-refractivity contribution < 1.29 is 9.13 Å². The second-order valence-corrected chi connectivity index (χ2v) is 6.77. The van der Waals surface area contributed by atoms with E-state index in [2.05, 4.69) is 25.3 Å². The summed E-state index contributed by atoms with van der Waals surface area (Å²) in [4.78, 5) is 16.7. The Bertz CT molecular complexity index is 990. The molecular weight excluding hydrogens is 359 g/mol. The fraction of sp³-hybridized carbons (Fsp3) is 0.300. The summed E-state index contributed by atoms with van der Waals surface area (Å²) in [5.41, 5.74) is 9.06. The lowest BCUT2D eigenvalue weighted by Gasteiger charge is -2.24. The number of benzene rings is 1. The maximum absolute atomic E-state index is 14.8. The molecule has 1 saturated heterocycles. The Labute approximate surface area is 162 Å². The summed E-state index contributed by atoms with van der Waals surface area (Å²) in [5, 5.41) is 3.34. The van der Waals surface area contributed by atoms with Crippen LogP contribution in [0.2, 0.25) is 0 Å². The monoisotopic (exact) mass is 380 g/mol. The third-order valence-electron chi connectivity index (χ3n) is 4.83. The molecule has 0 atom stereocenters. The van der Waals surface area contributed by atoms with Crippen molar-refractivity contribution >= 4 is 5.82 Å². The van der Waals surface area contributed by atoms with Crippen molar-refractivity contribution in [1.82, 2.24) is 25.3 Å². The molecule has 0 amide bonds. The van der Waals surface area contributed by atoms with Crippen molar-refractivity contribution in [3.63, 3.8) is 0 Å². The molecule has 0 saturated carbocycles. The van der Waals surface area contributed by atoms with Crippen LogP contribution in [0.15, 0.2) is 36.8 Å². The lowest BCUT2D eigenvalue weighted by Crippen LogP contribution is -2.27. The minimum absolute atomic E-state index is 0.0492. The van der Waals surface area contributed by atoms with Gasteiger partial charge in [-0.05, 0) is 56.6 Å². The molecule has 3 heterocycles. The summed E-state index contributed by atoms with van der Waals surface area (Å²) in [6.45, 7) is 3.66. The highest BCUT2D eigenvalue weighted by molar-refractivity contribution is 5.76. The van der Waals surface area contributed by atoms with Gasteiger partial charge in [0.1, 0.15) is 12.1 Å². The predicted octanol–water partition coefficient (Wildman–Crippen LogP) is 3.22. The maximum Gasteiger partial charge on any atom is 0.322 e. The van der Waals surface area contributed by atoms with Crippen LogP contribution in [0.3, 0.4) is 0 Å². The molecule has 8 heteroatoms. The van der Waals surface area contributed by atoms with Gasteiger partial charge in [-0.1, -0.05) is 6.07 Å². The average Bonchev–Trinajstić information content (AvgIpc) is 2.70. The first kappa shape index (κ1) is 18.2. The van der Waals surface area contributed by atoms with Crippen molar-refractivity contribution in [1.29, 1.82) is 0 Å². The highest BCUT2D eigenvalue weighted by atomic mass is 19.1. The smallest absolute Gasteiger partial charge is 0.322 e. The van der Waals surface area contributed by atoms with Gasteiger partial charge < -0.3 is 15.8 Å². The number of nitrogens with one attached hydrogen (secondary N) is 1. The van der Waals surface area contributed by atoms with Crippen LogP contribution in [0.1, 0.15) is 30.1 Å². The number of nitrogen functional groups attached to an aromatic ring is 1. The Morgan fingerprint density at radius 2 is 1.96 bits per heavy atom. The van der Waals surface area contributed by atoms with Gasteiger partial charge in [-0.2, -0.15) is 0 Å². The fourth-order valence-electron chi connectivity index (χ4n) is 3.43. The summed E-state index contributed by atoms with van der Waals surface area (Å²) in [6, 6.07) is 6.55. The Kier molecular flexibility index (Phi) is 5.12. The molecule has 0 unspecified atom stereocenters. The van der Waals surface area contributed by atoms with E-state index in [9.17, 15) is 4.39 Å². The van der Waals surface area contributed by atoms with Crippen molar-refractivity contribution in [2.75, 3.05) is 18.8 Å². The van der Waals surface area contributed by atoms with Gasteiger partial charge in [-0.3, -0.25) is 0 Å². The molecule has 0 radical (unpaired) electrons. The van der Waals surface area contributed by atoms with E-state index in [1.54, 1.807) is 24.4 Å². The standard InChI is InChI=1S/C20H21FN6O/c1-12-4-9-24-20(27-12)28-16-3-2-14(10-15(16)21)17-18(25-11-26-19(17)22)13-5-7-23-8-6-13/h2-4,9-11,13,23H,5-8H2,1H3,(H2,22,25,26). The summed E-state index contributed by atoms with van der Waals surface area (Å²) >= 11 is 0. The number of nitrogens with two attached hydrogens (primary N) is 1. The van der Waals surface area contributed by atoms with Crippen LogP contribution in [0.25, 0.3) is 11.1 Å². The number of nitrogens with zero attached hydrogens (tertiary/aromatic N) is 4. The van der Waals surface area contributed by atoms with Crippen LogP contribution >= 0.6 is 0 Å². The van der Waals surface area contributed by atoms with Gasteiger partial charge in [0.15, 0.2) is 11.6 Å². The average molecular weight is 380 g/mol. The Morgan fingerprint density at radius 3 is 2.71 bits per heavy atom. The molecule has 4 rings (SSSR count). The number of halogens is 1. The number of piperidine rings is 1. The Balaban J connectivity index is 1.68. The second kappa shape index (κ2) is 7.85. The number of aryl methyl sites for hydroxylation is 1. The highest BCUT2D eigenvalue weighted by Crippen LogP contribution is 2.37. The van der Waals surface area contributed by atoms with Gasteiger partial charge in [-0.25, -0.2) is 24.3 Å². The third kappa shape index (κ3) is 3.77. The van der Waals surface area contributed by atoms with Crippen LogP contribution in [-0.4, -0.2) is 33.0 Å². The zero-order valence-corrected chi connectivity index (χ0v) is 15.5. The number of aromatic nitrogens is 4. The second-order valence-electron chi connectivity index (χ2n) is 6.77. The number of hydrogen-bond acceptors (Lipinski definition) is 7. The van der Waals surface area contributed by atoms with Gasteiger partial charge >= 0.3 is 6.01 Å². The lowest BCUT2D eigenvalue weighted by molar-refractivity contribution is 0.410. The van der Waals surface area contributed by atoms with Gasteiger partial charge in [0.2, 0.25) is 0 Å². The molecule has 0 bridgehead atoms. The molecule has 144 valence electrons. The zero-order valence-electron chi connectivity index (χ0n) is 15.5. The topological polar surface area (TPSA) is 98.8 Å². The van der Waals surface area contributed by atoms with Crippen molar-refractivity contribution in [2.24, 2.45) is 0 Å². The normalized spacial score (nSPS) is 14.8. The van der Waals surface area contributed by atoms with Crippen LogP contribution in [-0.2, 0) is 0 Å². The van der Waals surface area contributed by atoms with E-state index in [1.165, 1.54) is 12.4 Å². The van der Waals surface area contributed by atoms with E-state index in [0.717, 1.165) is 37.3 Å². The maximum atomic E-state index is 14.8. The molecule has 0 aliphatic carbocycles. The van der Waals surface area contributed by atoms with E-state index in [1.807, 2.05) is 6.92 Å². The molecule has 1 fully saturated rings. The molecule has 3 N–H and O–H groups in total. The SMILES string of the molecule is Cc1ccnc(Oc2ccc(-c3c(N)ncnc3C3CCNCC3)cc2F)n1. The first-order valence-corrected chi connectivity index (χ1v) is 9.20. The number of rotatable bonds is 4. The van der Waals surface area contributed by atoms with Crippen molar-refractivity contribution in [3.8, 4) is 22.9 Å². The van der Waals surface area contributed by atoms with Gasteiger partial charge in [0, 0.05) is 23.4 Å². The minimum Gasteiger partial charge on any atom is -0.421 e. The summed E-state index contributed by atoms with van der Waals surface area (Å²) in [6.07, 6.45) is 4.95. The van der Waals surface area contributed by atoms with Gasteiger partial charge in [-0.15, -0.1) is 0 Å². The largest absolute Gasteiger partial charge is 0.421 e. The summed E-state index contributed by atoms with van der Waals surface area (Å²) in [7, 11) is 0. The number of ether oxygens (including phenoxy) is 1. The molecule has 3 aromatic rings. The minimum atomic E-state index is -0.526. The first-order chi connectivity index (χ1) is 13.6. The van der Waals surface area contributed by atoms with Crippen LogP contribution in [0.4, 0.5) is 10.2 Å². The van der Waals surface area contributed by atoms with Crippen molar-refractivity contribution in [2.45, 2.75) is 25.7 Å². The fourth-order valence-corrected chi connectivity index (χ4v) is 3.43. The number of anilines is 1. The molecule has 7 nitrogen and oxygen atoms in total. The summed E-state index contributed by atoms with van der Waals surface area (Å²) < 4.78 is 20.2. The highest BCUT2D eigenvalue weighted by Gasteiger charge is 2.23. The molecule has 0 spiro atoms. The van der Waals surface area contributed by atoms with Crippen LogP contribution < -0.4 is 15.8 Å². The van der Waals surface area contributed by atoms with E-state index < -0.39 is 5.82 Å². The summed E-state index contributed by atoms with van der Waals surface area (Å²) in [5.74, 6) is 0.134. The molecular formula is C20H21FN6O. The zero-order chi connectivity index (χ0) is 19.5. The number of hydrogen-bond donors (Lipinski definition) is 2. The predicted molar refractivity (Wildman–Crippen MR) is 104 cm³/mol. The third-order valence-corrected chi connectivity index (χ3v) is 4.83. The van der Waals surface area contributed by atoms with Gasteiger partial charge in [0.05, 0.1) is 5.69 Å². The molecule has 1 aliphatic heterocycles. The molecule has 1 aromatic carbocycles. The van der Waals surface area contributed by atoms with Gasteiger partial charge in [0.25, 0.3) is 0 Å².